The summed E-state index contributed by atoms with van der Waals surface area (Å²) in [6, 6.07) is 23.9. The molecule has 37 heavy (non-hydrogen) atoms. The van der Waals surface area contributed by atoms with Crippen LogP contribution in [0, 0.1) is 0 Å². The van der Waals surface area contributed by atoms with Gasteiger partial charge in [-0.05, 0) is 65.2 Å². The SMILES string of the molecule is COCc1cc(-c2ccccc2)c(C(=O)Nc2ccc(NCCc3ccccn3)cc2)cc1C(F)(F)F. The van der Waals surface area contributed by atoms with E-state index in [1.165, 1.54) is 13.2 Å². The monoisotopic (exact) mass is 505 g/mol. The summed E-state index contributed by atoms with van der Waals surface area (Å²) in [5.41, 5.74) is 2.31. The molecule has 1 amide bonds. The number of pyridine rings is 1. The predicted octanol–water partition coefficient (Wildman–Crippen LogP) is 6.82. The molecule has 0 fully saturated rings. The lowest BCUT2D eigenvalue weighted by atomic mass is 9.93. The van der Waals surface area contributed by atoms with Crippen molar-refractivity contribution < 1.29 is 22.7 Å². The molecule has 0 radical (unpaired) electrons. The number of anilines is 2. The lowest BCUT2D eigenvalue weighted by molar-refractivity contribution is -0.138. The zero-order valence-corrected chi connectivity index (χ0v) is 20.2. The van der Waals surface area contributed by atoms with Gasteiger partial charge in [0.2, 0.25) is 0 Å². The zero-order chi connectivity index (χ0) is 26.3. The Morgan fingerprint density at radius 2 is 1.62 bits per heavy atom. The summed E-state index contributed by atoms with van der Waals surface area (Å²) in [5.74, 6) is -0.635. The highest BCUT2D eigenvalue weighted by Crippen LogP contribution is 2.37. The first-order chi connectivity index (χ1) is 17.8. The van der Waals surface area contributed by atoms with Crippen molar-refractivity contribution in [3.8, 4) is 11.1 Å². The van der Waals surface area contributed by atoms with Crippen LogP contribution < -0.4 is 10.6 Å². The molecule has 0 unspecified atom stereocenters. The second-order valence-corrected chi connectivity index (χ2v) is 8.38. The second kappa shape index (κ2) is 11.7. The van der Waals surface area contributed by atoms with Gasteiger partial charge in [0, 0.05) is 48.9 Å². The van der Waals surface area contributed by atoms with E-state index in [9.17, 15) is 18.0 Å². The van der Waals surface area contributed by atoms with Crippen LogP contribution in [0.15, 0.2) is 91.1 Å². The van der Waals surface area contributed by atoms with E-state index >= 15 is 0 Å². The number of aromatic nitrogens is 1. The van der Waals surface area contributed by atoms with E-state index in [4.69, 9.17) is 4.74 Å². The minimum Gasteiger partial charge on any atom is -0.385 e. The van der Waals surface area contributed by atoms with Crippen LogP contribution in [-0.4, -0.2) is 24.5 Å². The van der Waals surface area contributed by atoms with Crippen LogP contribution in [0.3, 0.4) is 0 Å². The number of carbonyl (C=O) groups excluding carboxylic acids is 1. The summed E-state index contributed by atoms with van der Waals surface area (Å²) in [7, 11) is 1.33. The third kappa shape index (κ3) is 6.74. The summed E-state index contributed by atoms with van der Waals surface area (Å²) in [4.78, 5) is 17.5. The van der Waals surface area contributed by atoms with E-state index in [1.54, 1.807) is 60.8 Å². The molecule has 0 atom stereocenters. The largest absolute Gasteiger partial charge is 0.416 e. The van der Waals surface area contributed by atoms with Crippen LogP contribution in [0.4, 0.5) is 24.5 Å². The van der Waals surface area contributed by atoms with Gasteiger partial charge < -0.3 is 15.4 Å². The number of alkyl halides is 3. The van der Waals surface area contributed by atoms with Crippen LogP contribution in [0.1, 0.15) is 27.2 Å². The van der Waals surface area contributed by atoms with E-state index < -0.39 is 17.6 Å². The molecule has 1 heterocycles. The average molecular weight is 506 g/mol. The number of carbonyl (C=O) groups is 1. The van der Waals surface area contributed by atoms with E-state index in [0.717, 1.165) is 23.9 Å². The number of nitrogens with zero attached hydrogens (tertiary/aromatic N) is 1. The van der Waals surface area contributed by atoms with Gasteiger partial charge in [-0.15, -0.1) is 0 Å². The molecule has 3 aromatic carbocycles. The van der Waals surface area contributed by atoms with Crippen LogP contribution >= 0.6 is 0 Å². The van der Waals surface area contributed by atoms with Gasteiger partial charge in [-0.2, -0.15) is 13.2 Å². The molecule has 0 aliphatic rings. The number of benzene rings is 3. The molecule has 0 aliphatic heterocycles. The number of halogens is 3. The Morgan fingerprint density at radius 3 is 2.27 bits per heavy atom. The quantitative estimate of drug-likeness (QED) is 0.262. The van der Waals surface area contributed by atoms with Crippen LogP contribution in [0.5, 0.6) is 0 Å². The first-order valence-electron chi connectivity index (χ1n) is 11.7. The molecule has 0 saturated heterocycles. The molecular weight excluding hydrogens is 479 g/mol. The minimum absolute atomic E-state index is 0.0356. The van der Waals surface area contributed by atoms with E-state index in [0.29, 0.717) is 23.4 Å². The number of ether oxygens (including phenoxy) is 1. The maximum Gasteiger partial charge on any atom is 0.416 e. The van der Waals surface area contributed by atoms with Gasteiger partial charge >= 0.3 is 6.18 Å². The molecule has 0 aliphatic carbocycles. The Labute approximate surface area is 213 Å². The molecule has 5 nitrogen and oxygen atoms in total. The fourth-order valence-electron chi connectivity index (χ4n) is 3.98. The van der Waals surface area contributed by atoms with E-state index in [2.05, 4.69) is 15.6 Å². The molecule has 0 saturated carbocycles. The topological polar surface area (TPSA) is 63.2 Å². The number of hydrogen-bond donors (Lipinski definition) is 2. The Hall–Kier alpha value is -4.17. The maximum absolute atomic E-state index is 13.8. The highest BCUT2D eigenvalue weighted by atomic mass is 19.4. The second-order valence-electron chi connectivity index (χ2n) is 8.38. The van der Waals surface area contributed by atoms with Crippen molar-refractivity contribution in [2.24, 2.45) is 0 Å². The van der Waals surface area contributed by atoms with Crippen molar-refractivity contribution in [1.82, 2.24) is 4.98 Å². The molecule has 190 valence electrons. The minimum atomic E-state index is -4.64. The number of rotatable bonds is 9. The molecular formula is C29H26F3N3O2. The van der Waals surface area contributed by atoms with E-state index in [-0.39, 0.29) is 17.7 Å². The average Bonchev–Trinajstić information content (AvgIpc) is 2.90. The summed E-state index contributed by atoms with van der Waals surface area (Å²) < 4.78 is 46.5. The Bertz CT molecular complexity index is 1330. The van der Waals surface area contributed by atoms with Gasteiger partial charge in [-0.1, -0.05) is 36.4 Å². The van der Waals surface area contributed by atoms with Crippen molar-refractivity contribution in [3.63, 3.8) is 0 Å². The highest BCUT2D eigenvalue weighted by Gasteiger charge is 2.35. The van der Waals surface area contributed by atoms with Crippen molar-refractivity contribution >= 4 is 17.3 Å². The van der Waals surface area contributed by atoms with Crippen LogP contribution in [0.25, 0.3) is 11.1 Å². The van der Waals surface area contributed by atoms with Crippen molar-refractivity contribution in [2.45, 2.75) is 19.2 Å². The van der Waals surface area contributed by atoms with Gasteiger partial charge in [-0.3, -0.25) is 9.78 Å². The standard InChI is InChI=1S/C29H26F3N3O2/c1-37-19-21-17-25(20-7-3-2-4-8-20)26(18-27(21)29(30,31)32)28(36)35-24-12-10-23(11-13-24)34-16-14-22-9-5-6-15-33-22/h2-13,15,17-18,34H,14,16,19H2,1H3,(H,35,36). The number of nitrogens with one attached hydrogen (secondary N) is 2. The molecule has 0 spiro atoms. The van der Waals surface area contributed by atoms with Gasteiger partial charge in [-0.25, -0.2) is 0 Å². The normalized spacial score (nSPS) is 11.2. The Morgan fingerprint density at radius 1 is 0.919 bits per heavy atom. The lowest BCUT2D eigenvalue weighted by Gasteiger charge is -2.18. The van der Waals surface area contributed by atoms with Crippen LogP contribution in [0.2, 0.25) is 0 Å². The smallest absolute Gasteiger partial charge is 0.385 e. The van der Waals surface area contributed by atoms with Crippen molar-refractivity contribution in [1.29, 1.82) is 0 Å². The molecule has 1 aromatic heterocycles. The lowest BCUT2D eigenvalue weighted by Crippen LogP contribution is -2.17. The summed E-state index contributed by atoms with van der Waals surface area (Å²) in [6.07, 6.45) is -2.14. The fraction of sp³-hybridized carbons (Fsp3) is 0.172. The van der Waals surface area contributed by atoms with Gasteiger partial charge in [0.25, 0.3) is 5.91 Å². The summed E-state index contributed by atoms with van der Waals surface area (Å²) in [6.45, 7) is 0.447. The first-order valence-corrected chi connectivity index (χ1v) is 11.7. The fourth-order valence-corrected chi connectivity index (χ4v) is 3.98. The number of hydrogen-bond acceptors (Lipinski definition) is 4. The first kappa shape index (κ1) is 25.9. The predicted molar refractivity (Wildman–Crippen MR) is 138 cm³/mol. The van der Waals surface area contributed by atoms with Gasteiger partial charge in [0.1, 0.15) is 0 Å². The third-order valence-corrected chi connectivity index (χ3v) is 5.76. The van der Waals surface area contributed by atoms with Crippen molar-refractivity contribution in [3.05, 3.63) is 114 Å². The summed E-state index contributed by atoms with van der Waals surface area (Å²) in [5, 5.41) is 6.02. The van der Waals surface area contributed by atoms with Crippen LogP contribution in [-0.2, 0) is 23.9 Å². The van der Waals surface area contributed by atoms with Gasteiger partial charge in [0.15, 0.2) is 0 Å². The highest BCUT2D eigenvalue weighted by molar-refractivity contribution is 6.09. The zero-order valence-electron chi connectivity index (χ0n) is 20.2. The van der Waals surface area contributed by atoms with Gasteiger partial charge in [0.05, 0.1) is 12.2 Å². The molecule has 8 heteroatoms. The Kier molecular flexibility index (Phi) is 8.20. The molecule has 0 bridgehead atoms. The number of amides is 1. The van der Waals surface area contributed by atoms with Crippen molar-refractivity contribution in [2.75, 3.05) is 24.3 Å². The summed E-state index contributed by atoms with van der Waals surface area (Å²) >= 11 is 0. The maximum atomic E-state index is 13.8. The molecule has 4 aromatic rings. The van der Waals surface area contributed by atoms with E-state index in [1.807, 2.05) is 18.2 Å². The molecule has 2 N–H and O–H groups in total. The number of methoxy groups -OCH3 is 1. The molecule has 4 rings (SSSR count). The third-order valence-electron chi connectivity index (χ3n) is 5.76. The Balaban J connectivity index is 1.55.